The second-order valence-electron chi connectivity index (χ2n) is 7.27. The topological polar surface area (TPSA) is 70.7 Å². The largest absolute Gasteiger partial charge is 0.444 e. The Morgan fingerprint density at radius 3 is 2.32 bits per heavy atom. The summed E-state index contributed by atoms with van der Waals surface area (Å²) < 4.78 is 5.25. The maximum Gasteiger partial charge on any atom is 0.412 e. The molecule has 0 atom stereocenters. The normalized spacial score (nSPS) is 15.5. The van der Waals surface area contributed by atoms with E-state index in [1.165, 1.54) is 0 Å². The Labute approximate surface area is 149 Å². The summed E-state index contributed by atoms with van der Waals surface area (Å²) in [6.45, 7) is 9.20. The molecule has 0 spiro atoms. The number of carbonyl (C=O) groups is 2. The van der Waals surface area contributed by atoms with Gasteiger partial charge in [-0.1, -0.05) is 6.92 Å². The van der Waals surface area contributed by atoms with E-state index in [2.05, 4.69) is 10.6 Å². The molecule has 2 rings (SSSR count). The van der Waals surface area contributed by atoms with Crippen molar-refractivity contribution < 1.29 is 14.3 Å². The standard InChI is InChI=1S/C19H29N3O3/c1-5-17(23)22(16-10-12-20-13-11-16)15-8-6-14(7-9-15)21-18(24)25-19(2,3)4/h6-9,16,20H,5,10-13H2,1-4H3,(H,21,24). The highest BCUT2D eigenvalue weighted by molar-refractivity contribution is 5.94. The van der Waals surface area contributed by atoms with Gasteiger partial charge in [0.05, 0.1) is 0 Å². The summed E-state index contributed by atoms with van der Waals surface area (Å²) in [5, 5.41) is 6.04. The molecule has 1 saturated heterocycles. The number of rotatable bonds is 4. The Bertz CT molecular complexity index is 587. The minimum absolute atomic E-state index is 0.125. The van der Waals surface area contributed by atoms with Crippen molar-refractivity contribution >= 4 is 23.4 Å². The summed E-state index contributed by atoms with van der Waals surface area (Å²) in [7, 11) is 0. The lowest BCUT2D eigenvalue weighted by Gasteiger charge is -2.34. The van der Waals surface area contributed by atoms with Gasteiger partial charge in [0.25, 0.3) is 0 Å². The Morgan fingerprint density at radius 2 is 1.80 bits per heavy atom. The second kappa shape index (κ2) is 8.34. The number of nitrogens with one attached hydrogen (secondary N) is 2. The Balaban J connectivity index is 2.09. The Kier molecular flexibility index (Phi) is 6.42. The van der Waals surface area contributed by atoms with Crippen molar-refractivity contribution in [1.29, 1.82) is 0 Å². The highest BCUT2D eigenvalue weighted by Gasteiger charge is 2.25. The van der Waals surface area contributed by atoms with E-state index in [0.29, 0.717) is 12.1 Å². The van der Waals surface area contributed by atoms with Crippen LogP contribution < -0.4 is 15.5 Å². The lowest BCUT2D eigenvalue weighted by molar-refractivity contribution is -0.118. The first-order chi connectivity index (χ1) is 11.8. The molecule has 0 aromatic heterocycles. The van der Waals surface area contributed by atoms with Crippen LogP contribution in [0.2, 0.25) is 0 Å². The van der Waals surface area contributed by atoms with Crippen molar-refractivity contribution in [2.45, 2.75) is 58.6 Å². The van der Waals surface area contributed by atoms with E-state index in [4.69, 9.17) is 4.74 Å². The van der Waals surface area contributed by atoms with Crippen molar-refractivity contribution in [2.24, 2.45) is 0 Å². The average molecular weight is 347 g/mol. The first kappa shape index (κ1) is 19.2. The van der Waals surface area contributed by atoms with Crippen LogP contribution in [0.5, 0.6) is 0 Å². The summed E-state index contributed by atoms with van der Waals surface area (Å²) >= 11 is 0. The van der Waals surface area contributed by atoms with Gasteiger partial charge in [0.2, 0.25) is 5.91 Å². The molecule has 0 aliphatic carbocycles. The van der Waals surface area contributed by atoms with E-state index in [9.17, 15) is 9.59 Å². The van der Waals surface area contributed by atoms with E-state index in [1.54, 1.807) is 12.1 Å². The molecule has 1 aliphatic rings. The Morgan fingerprint density at radius 1 is 1.20 bits per heavy atom. The zero-order valence-corrected chi connectivity index (χ0v) is 15.6. The van der Waals surface area contributed by atoms with Gasteiger partial charge in [0, 0.05) is 23.8 Å². The Hall–Kier alpha value is -2.08. The monoisotopic (exact) mass is 347 g/mol. The van der Waals surface area contributed by atoms with Crippen LogP contribution in [0.1, 0.15) is 47.0 Å². The minimum atomic E-state index is -0.538. The van der Waals surface area contributed by atoms with Gasteiger partial charge < -0.3 is 15.0 Å². The molecule has 25 heavy (non-hydrogen) atoms. The molecule has 0 unspecified atom stereocenters. The highest BCUT2D eigenvalue weighted by atomic mass is 16.6. The summed E-state index contributed by atoms with van der Waals surface area (Å²) in [5.74, 6) is 0.125. The second-order valence-corrected chi connectivity index (χ2v) is 7.27. The third-order valence-electron chi connectivity index (χ3n) is 4.04. The third-order valence-corrected chi connectivity index (χ3v) is 4.04. The van der Waals surface area contributed by atoms with Crippen LogP contribution in [-0.2, 0) is 9.53 Å². The molecule has 1 aliphatic heterocycles. The van der Waals surface area contributed by atoms with E-state index in [0.717, 1.165) is 31.6 Å². The number of amides is 2. The molecule has 1 fully saturated rings. The number of hydrogen-bond donors (Lipinski definition) is 2. The maximum absolute atomic E-state index is 12.4. The van der Waals surface area contributed by atoms with Crippen molar-refractivity contribution in [1.82, 2.24) is 5.32 Å². The number of ether oxygens (including phenoxy) is 1. The van der Waals surface area contributed by atoms with Crippen LogP contribution in [0.25, 0.3) is 0 Å². The fourth-order valence-electron chi connectivity index (χ4n) is 2.92. The van der Waals surface area contributed by atoms with Gasteiger partial charge in [-0.3, -0.25) is 10.1 Å². The first-order valence-corrected chi connectivity index (χ1v) is 8.93. The summed E-state index contributed by atoms with van der Waals surface area (Å²) in [5.41, 5.74) is 0.976. The van der Waals surface area contributed by atoms with E-state index < -0.39 is 11.7 Å². The average Bonchev–Trinajstić information content (AvgIpc) is 2.55. The zero-order chi connectivity index (χ0) is 18.4. The summed E-state index contributed by atoms with van der Waals surface area (Å²) in [4.78, 5) is 26.2. The molecular formula is C19H29N3O3. The number of carbonyl (C=O) groups excluding carboxylic acids is 2. The lowest BCUT2D eigenvalue weighted by Crippen LogP contribution is -2.46. The molecule has 0 radical (unpaired) electrons. The molecular weight excluding hydrogens is 318 g/mol. The van der Waals surface area contributed by atoms with Crippen molar-refractivity contribution in [3.63, 3.8) is 0 Å². The quantitative estimate of drug-likeness (QED) is 0.874. The predicted molar refractivity (Wildman–Crippen MR) is 100.0 cm³/mol. The molecule has 1 aromatic carbocycles. The van der Waals surface area contributed by atoms with E-state index >= 15 is 0 Å². The molecule has 6 heteroatoms. The van der Waals surface area contributed by atoms with Crippen LogP contribution in [0.15, 0.2) is 24.3 Å². The maximum atomic E-state index is 12.4. The van der Waals surface area contributed by atoms with Gasteiger partial charge in [-0.2, -0.15) is 0 Å². The van der Waals surface area contributed by atoms with Crippen molar-refractivity contribution in [2.75, 3.05) is 23.3 Å². The fourth-order valence-corrected chi connectivity index (χ4v) is 2.92. The number of hydrogen-bond acceptors (Lipinski definition) is 4. The van der Waals surface area contributed by atoms with Crippen LogP contribution in [0, 0.1) is 0 Å². The molecule has 0 saturated carbocycles. The molecule has 1 heterocycles. The molecule has 0 bridgehead atoms. The molecule has 138 valence electrons. The van der Waals surface area contributed by atoms with Crippen LogP contribution in [0.3, 0.4) is 0 Å². The molecule has 2 N–H and O–H groups in total. The van der Waals surface area contributed by atoms with Crippen LogP contribution in [0.4, 0.5) is 16.2 Å². The van der Waals surface area contributed by atoms with Crippen molar-refractivity contribution in [3.8, 4) is 0 Å². The van der Waals surface area contributed by atoms with Crippen molar-refractivity contribution in [3.05, 3.63) is 24.3 Å². The number of benzene rings is 1. The van der Waals surface area contributed by atoms with Gasteiger partial charge in [-0.15, -0.1) is 0 Å². The lowest BCUT2D eigenvalue weighted by atomic mass is 10.0. The number of nitrogens with zero attached hydrogens (tertiary/aromatic N) is 1. The van der Waals surface area contributed by atoms with Gasteiger partial charge in [0.1, 0.15) is 5.60 Å². The predicted octanol–water partition coefficient (Wildman–Crippen LogP) is 3.53. The van der Waals surface area contributed by atoms with Crippen LogP contribution in [-0.4, -0.2) is 36.7 Å². The van der Waals surface area contributed by atoms with Gasteiger partial charge in [-0.25, -0.2) is 4.79 Å². The summed E-state index contributed by atoms with van der Waals surface area (Å²) in [6.07, 6.45) is 1.88. The van der Waals surface area contributed by atoms with Gasteiger partial charge in [0.15, 0.2) is 0 Å². The van der Waals surface area contributed by atoms with E-state index in [-0.39, 0.29) is 11.9 Å². The third kappa shape index (κ3) is 5.74. The molecule has 1 aromatic rings. The molecule has 6 nitrogen and oxygen atoms in total. The van der Waals surface area contributed by atoms with Gasteiger partial charge >= 0.3 is 6.09 Å². The minimum Gasteiger partial charge on any atom is -0.444 e. The summed E-state index contributed by atoms with van der Waals surface area (Å²) in [6, 6.07) is 7.58. The van der Waals surface area contributed by atoms with Gasteiger partial charge in [-0.05, 0) is 71.0 Å². The first-order valence-electron chi connectivity index (χ1n) is 8.93. The van der Waals surface area contributed by atoms with Crippen LogP contribution >= 0.6 is 0 Å². The van der Waals surface area contributed by atoms with E-state index in [1.807, 2.05) is 44.7 Å². The SMILES string of the molecule is CCC(=O)N(c1ccc(NC(=O)OC(C)(C)C)cc1)C1CCNCC1. The fraction of sp³-hybridized carbons (Fsp3) is 0.579. The molecule has 2 amide bonds. The highest BCUT2D eigenvalue weighted by Crippen LogP contribution is 2.25. The zero-order valence-electron chi connectivity index (χ0n) is 15.6. The smallest absolute Gasteiger partial charge is 0.412 e. The number of anilines is 2. The number of piperidine rings is 1.